The van der Waals surface area contributed by atoms with Crippen LogP contribution >= 0.6 is 0 Å². The van der Waals surface area contributed by atoms with Crippen LogP contribution in [0.25, 0.3) is 11.3 Å². The number of benzene rings is 1. The van der Waals surface area contributed by atoms with E-state index in [1.807, 2.05) is 24.3 Å². The van der Waals surface area contributed by atoms with Crippen molar-refractivity contribution in [1.29, 1.82) is 0 Å². The third-order valence-corrected chi connectivity index (χ3v) is 5.14. The van der Waals surface area contributed by atoms with E-state index in [1.54, 1.807) is 19.0 Å². The van der Waals surface area contributed by atoms with Crippen LogP contribution in [-0.2, 0) is 0 Å². The molecule has 2 aromatic rings. The van der Waals surface area contributed by atoms with Gasteiger partial charge in [-0.2, -0.15) is 0 Å². The summed E-state index contributed by atoms with van der Waals surface area (Å²) in [5.74, 6) is 0.973. The van der Waals surface area contributed by atoms with Gasteiger partial charge in [0, 0.05) is 57.4 Å². The van der Waals surface area contributed by atoms with Crippen molar-refractivity contribution in [3.8, 4) is 11.3 Å². The molecule has 0 N–H and O–H groups in total. The molecule has 0 atom stereocenters. The molecule has 0 unspecified atom stereocenters. The lowest BCUT2D eigenvalue weighted by Crippen LogP contribution is -2.49. The molecule has 3 rings (SSSR count). The van der Waals surface area contributed by atoms with E-state index in [0.29, 0.717) is 11.6 Å². The Balaban J connectivity index is 1.74. The number of aromatic nitrogens is 2. The van der Waals surface area contributed by atoms with Gasteiger partial charge in [0.05, 0.1) is 5.69 Å². The first-order chi connectivity index (χ1) is 12.9. The molecule has 0 bridgehead atoms. The summed E-state index contributed by atoms with van der Waals surface area (Å²) in [4.78, 5) is 18.4. The van der Waals surface area contributed by atoms with Crippen molar-refractivity contribution in [3.05, 3.63) is 41.5 Å². The first-order valence-electron chi connectivity index (χ1n) is 9.52. The summed E-state index contributed by atoms with van der Waals surface area (Å²) in [6, 6.07) is 10.2. The molecule has 1 aliphatic heterocycles. The fourth-order valence-electron chi connectivity index (χ4n) is 3.42. The summed E-state index contributed by atoms with van der Waals surface area (Å²) in [5.41, 5.74) is 3.61. The Kier molecular flexibility index (Phi) is 5.75. The van der Waals surface area contributed by atoms with E-state index < -0.39 is 0 Å². The smallest absolute Gasteiger partial charge is 0.253 e. The van der Waals surface area contributed by atoms with E-state index in [0.717, 1.165) is 48.8 Å². The van der Waals surface area contributed by atoms with Crippen molar-refractivity contribution in [2.24, 2.45) is 0 Å². The Morgan fingerprint density at radius 2 is 1.67 bits per heavy atom. The lowest BCUT2D eigenvalue weighted by Gasteiger charge is -2.37. The second-order valence-electron chi connectivity index (χ2n) is 7.63. The number of carbonyl (C=O) groups excluding carboxylic acids is 1. The Hall–Kier alpha value is -2.47. The molecule has 1 saturated heterocycles. The maximum absolute atomic E-state index is 12.0. The Bertz CT molecular complexity index is 793. The van der Waals surface area contributed by atoms with E-state index in [-0.39, 0.29) is 5.91 Å². The molecule has 1 aromatic carbocycles. The quantitative estimate of drug-likeness (QED) is 0.832. The zero-order valence-corrected chi connectivity index (χ0v) is 16.9. The van der Waals surface area contributed by atoms with Crippen LogP contribution in [-0.4, -0.2) is 72.2 Å². The summed E-state index contributed by atoms with van der Waals surface area (Å²) in [6.07, 6.45) is 0. The van der Waals surface area contributed by atoms with Gasteiger partial charge in [-0.3, -0.25) is 9.69 Å². The second kappa shape index (κ2) is 8.05. The summed E-state index contributed by atoms with van der Waals surface area (Å²) in [5, 5.41) is 8.96. The molecule has 1 amide bonds. The second-order valence-corrected chi connectivity index (χ2v) is 7.63. The van der Waals surface area contributed by atoms with Crippen LogP contribution < -0.4 is 4.90 Å². The predicted molar refractivity (Wildman–Crippen MR) is 109 cm³/mol. The van der Waals surface area contributed by atoms with Crippen LogP contribution in [0.1, 0.15) is 29.8 Å². The average Bonchev–Trinajstić information content (AvgIpc) is 2.67. The van der Waals surface area contributed by atoms with Gasteiger partial charge in [0.15, 0.2) is 5.82 Å². The van der Waals surface area contributed by atoms with Gasteiger partial charge >= 0.3 is 0 Å². The maximum Gasteiger partial charge on any atom is 0.253 e. The van der Waals surface area contributed by atoms with Crippen LogP contribution in [0.5, 0.6) is 0 Å². The average molecular weight is 367 g/mol. The normalized spacial score (nSPS) is 15.3. The number of hydrogen-bond donors (Lipinski definition) is 0. The van der Waals surface area contributed by atoms with E-state index >= 15 is 0 Å². The van der Waals surface area contributed by atoms with Crippen LogP contribution in [0.3, 0.4) is 0 Å². The van der Waals surface area contributed by atoms with Gasteiger partial charge in [-0.25, -0.2) is 0 Å². The van der Waals surface area contributed by atoms with Crippen LogP contribution in [0.4, 0.5) is 5.82 Å². The maximum atomic E-state index is 12.0. The highest BCUT2D eigenvalue weighted by atomic mass is 16.2. The summed E-state index contributed by atoms with van der Waals surface area (Å²) >= 11 is 0. The molecular weight excluding hydrogens is 338 g/mol. The van der Waals surface area contributed by atoms with Crippen molar-refractivity contribution in [2.75, 3.05) is 45.2 Å². The number of aryl methyl sites for hydroxylation is 1. The van der Waals surface area contributed by atoms with E-state index in [9.17, 15) is 4.79 Å². The molecule has 6 nitrogen and oxygen atoms in total. The third-order valence-electron chi connectivity index (χ3n) is 5.14. The molecule has 0 radical (unpaired) electrons. The van der Waals surface area contributed by atoms with Crippen LogP contribution in [0.2, 0.25) is 0 Å². The van der Waals surface area contributed by atoms with Crippen molar-refractivity contribution < 1.29 is 4.79 Å². The summed E-state index contributed by atoms with van der Waals surface area (Å²) in [7, 11) is 3.51. The zero-order chi connectivity index (χ0) is 19.6. The van der Waals surface area contributed by atoms with E-state index in [1.165, 1.54) is 0 Å². The summed E-state index contributed by atoms with van der Waals surface area (Å²) < 4.78 is 0. The molecule has 1 aliphatic rings. The fourth-order valence-corrected chi connectivity index (χ4v) is 3.42. The first-order valence-corrected chi connectivity index (χ1v) is 9.52. The van der Waals surface area contributed by atoms with Crippen molar-refractivity contribution in [3.63, 3.8) is 0 Å². The highest BCUT2D eigenvalue weighted by molar-refractivity contribution is 5.94. The molecule has 27 heavy (non-hydrogen) atoms. The predicted octanol–water partition coefficient (Wildman–Crippen LogP) is 2.68. The largest absolute Gasteiger partial charge is 0.352 e. The molecule has 1 aromatic heterocycles. The van der Waals surface area contributed by atoms with Gasteiger partial charge in [0.2, 0.25) is 0 Å². The minimum Gasteiger partial charge on any atom is -0.352 e. The molecule has 144 valence electrons. The monoisotopic (exact) mass is 367 g/mol. The zero-order valence-electron chi connectivity index (χ0n) is 16.9. The molecule has 0 spiro atoms. The van der Waals surface area contributed by atoms with Crippen molar-refractivity contribution >= 4 is 11.7 Å². The molecule has 0 saturated carbocycles. The van der Waals surface area contributed by atoms with Crippen LogP contribution in [0, 0.1) is 6.92 Å². The van der Waals surface area contributed by atoms with E-state index in [2.05, 4.69) is 46.8 Å². The summed E-state index contributed by atoms with van der Waals surface area (Å²) in [6.45, 7) is 10.7. The Labute approximate surface area is 161 Å². The molecule has 1 fully saturated rings. The van der Waals surface area contributed by atoms with Gasteiger partial charge in [0.25, 0.3) is 5.91 Å². The standard InChI is InChI=1S/C21H29N5O/c1-15(2)25-10-12-26(13-11-25)20-16(3)14-19(22-23-20)17-6-8-18(9-7-17)21(27)24(4)5/h6-9,14-15H,10-13H2,1-5H3. The molecular formula is C21H29N5O. The number of hydrogen-bond acceptors (Lipinski definition) is 5. The van der Waals surface area contributed by atoms with Gasteiger partial charge in [-0.1, -0.05) is 12.1 Å². The number of rotatable bonds is 4. The third kappa shape index (κ3) is 4.27. The number of carbonyl (C=O) groups is 1. The molecule has 6 heteroatoms. The van der Waals surface area contributed by atoms with Gasteiger partial charge < -0.3 is 9.80 Å². The molecule has 2 heterocycles. The van der Waals surface area contributed by atoms with Crippen LogP contribution in [0.15, 0.2) is 30.3 Å². The minimum atomic E-state index is -0.000275. The van der Waals surface area contributed by atoms with Gasteiger partial charge in [-0.15, -0.1) is 10.2 Å². The number of piperazine rings is 1. The lowest BCUT2D eigenvalue weighted by atomic mass is 10.1. The lowest BCUT2D eigenvalue weighted by molar-refractivity contribution is 0.0827. The van der Waals surface area contributed by atoms with Gasteiger partial charge in [-0.05, 0) is 44.5 Å². The SMILES string of the molecule is Cc1cc(-c2ccc(C(=O)N(C)C)cc2)nnc1N1CCN(C(C)C)CC1. The topological polar surface area (TPSA) is 52.6 Å². The van der Waals surface area contributed by atoms with Crippen molar-refractivity contribution in [1.82, 2.24) is 20.0 Å². The van der Waals surface area contributed by atoms with Gasteiger partial charge in [0.1, 0.15) is 0 Å². The highest BCUT2D eigenvalue weighted by Crippen LogP contribution is 2.24. The van der Waals surface area contributed by atoms with Crippen molar-refractivity contribution in [2.45, 2.75) is 26.8 Å². The van der Waals surface area contributed by atoms with E-state index in [4.69, 9.17) is 0 Å². The Morgan fingerprint density at radius 3 is 2.19 bits per heavy atom. The fraction of sp³-hybridized carbons (Fsp3) is 0.476. The Morgan fingerprint density at radius 1 is 1.04 bits per heavy atom. The molecule has 0 aliphatic carbocycles. The highest BCUT2D eigenvalue weighted by Gasteiger charge is 2.21. The number of nitrogens with zero attached hydrogens (tertiary/aromatic N) is 5. The minimum absolute atomic E-state index is 0.000275. The first kappa shape index (κ1) is 19.3. The number of amides is 1. The number of anilines is 1.